The van der Waals surface area contributed by atoms with Gasteiger partial charge in [-0.3, -0.25) is 4.79 Å². The van der Waals surface area contributed by atoms with Gasteiger partial charge in [-0.15, -0.1) is 11.3 Å². The lowest BCUT2D eigenvalue weighted by Gasteiger charge is -1.98. The van der Waals surface area contributed by atoms with E-state index in [-0.39, 0.29) is 5.97 Å². The Morgan fingerprint density at radius 1 is 1.50 bits per heavy atom. The third-order valence-corrected chi connectivity index (χ3v) is 3.44. The third kappa shape index (κ3) is 3.07. The van der Waals surface area contributed by atoms with Gasteiger partial charge in [-0.2, -0.15) is 0 Å². The number of nitrogens with zero attached hydrogens (tertiary/aromatic N) is 1. The van der Waals surface area contributed by atoms with E-state index in [0.29, 0.717) is 12.8 Å². The van der Waals surface area contributed by atoms with Crippen LogP contribution >= 0.6 is 11.3 Å². The van der Waals surface area contributed by atoms with E-state index in [1.54, 1.807) is 11.3 Å². The van der Waals surface area contributed by atoms with E-state index in [4.69, 9.17) is 5.73 Å². The Morgan fingerprint density at radius 3 is 3.06 bits per heavy atom. The van der Waals surface area contributed by atoms with E-state index in [1.807, 2.05) is 29.6 Å². The van der Waals surface area contributed by atoms with E-state index in [9.17, 15) is 4.79 Å². The summed E-state index contributed by atoms with van der Waals surface area (Å²) < 4.78 is 4.60. The molecule has 0 saturated heterocycles. The van der Waals surface area contributed by atoms with Gasteiger partial charge in [0, 0.05) is 23.1 Å². The number of hydrogen-bond donors (Lipinski definition) is 1. The van der Waals surface area contributed by atoms with Crippen LogP contribution in [0, 0.1) is 0 Å². The molecule has 0 unspecified atom stereocenters. The molecular formula is C13H14N2O2S. The van der Waals surface area contributed by atoms with E-state index in [1.165, 1.54) is 7.11 Å². The number of carbonyl (C=O) groups is 1. The molecule has 0 radical (unpaired) electrons. The van der Waals surface area contributed by atoms with Crippen molar-refractivity contribution in [3.05, 3.63) is 35.3 Å². The van der Waals surface area contributed by atoms with Crippen molar-refractivity contribution in [2.75, 3.05) is 12.8 Å². The fourth-order valence-electron chi connectivity index (χ4n) is 1.56. The second-order valence-corrected chi connectivity index (χ2v) is 4.70. The second-order valence-electron chi connectivity index (χ2n) is 3.85. The largest absolute Gasteiger partial charge is 0.469 e. The quantitative estimate of drug-likeness (QED) is 0.679. The monoisotopic (exact) mass is 262 g/mol. The molecule has 2 N–H and O–H groups in total. The molecule has 0 aliphatic carbocycles. The second kappa shape index (κ2) is 5.64. The molecule has 0 atom stereocenters. The van der Waals surface area contributed by atoms with Crippen LogP contribution in [-0.2, 0) is 16.0 Å². The average molecular weight is 262 g/mol. The highest BCUT2D eigenvalue weighted by Gasteiger charge is 2.07. The Labute approximate surface area is 109 Å². The molecule has 2 rings (SSSR count). The highest BCUT2D eigenvalue weighted by atomic mass is 32.1. The molecule has 2 aromatic rings. The van der Waals surface area contributed by atoms with Crippen molar-refractivity contribution in [1.29, 1.82) is 0 Å². The fraction of sp³-hybridized carbons (Fsp3) is 0.231. The molecule has 0 aliphatic heterocycles. The van der Waals surface area contributed by atoms with Crippen LogP contribution in [0.1, 0.15) is 12.1 Å². The minimum Gasteiger partial charge on any atom is -0.469 e. The number of anilines is 1. The van der Waals surface area contributed by atoms with Crippen molar-refractivity contribution in [2.24, 2.45) is 0 Å². The van der Waals surface area contributed by atoms with Gasteiger partial charge in [0.2, 0.25) is 0 Å². The molecule has 0 bridgehead atoms. The van der Waals surface area contributed by atoms with E-state index in [0.717, 1.165) is 22.0 Å². The number of nitrogens with two attached hydrogens (primary N) is 1. The van der Waals surface area contributed by atoms with Gasteiger partial charge in [0.1, 0.15) is 5.01 Å². The molecule has 0 amide bonds. The van der Waals surface area contributed by atoms with Gasteiger partial charge in [0.15, 0.2) is 0 Å². The Morgan fingerprint density at radius 2 is 2.33 bits per heavy atom. The zero-order chi connectivity index (χ0) is 13.0. The van der Waals surface area contributed by atoms with Crippen LogP contribution in [0.25, 0.3) is 10.6 Å². The normalized spacial score (nSPS) is 10.3. The lowest BCUT2D eigenvalue weighted by atomic mass is 10.2. The van der Waals surface area contributed by atoms with Crippen LogP contribution in [0.3, 0.4) is 0 Å². The Bertz CT molecular complexity index is 551. The first kappa shape index (κ1) is 12.6. The van der Waals surface area contributed by atoms with E-state index in [2.05, 4.69) is 9.72 Å². The van der Waals surface area contributed by atoms with Gasteiger partial charge in [0.25, 0.3) is 0 Å². The van der Waals surface area contributed by atoms with Crippen molar-refractivity contribution in [3.8, 4) is 10.6 Å². The van der Waals surface area contributed by atoms with Gasteiger partial charge in [0.05, 0.1) is 19.2 Å². The average Bonchev–Trinajstić information content (AvgIpc) is 2.84. The first-order valence-electron chi connectivity index (χ1n) is 5.56. The summed E-state index contributed by atoms with van der Waals surface area (Å²) in [6.07, 6.45) is 0.960. The smallest absolute Gasteiger partial charge is 0.305 e. The maximum absolute atomic E-state index is 11.0. The number of esters is 1. The molecule has 0 fully saturated rings. The molecule has 1 aromatic carbocycles. The van der Waals surface area contributed by atoms with E-state index >= 15 is 0 Å². The molecule has 18 heavy (non-hydrogen) atoms. The number of aromatic nitrogens is 1. The van der Waals surface area contributed by atoms with Crippen molar-refractivity contribution < 1.29 is 9.53 Å². The van der Waals surface area contributed by atoms with Crippen LogP contribution in [0.4, 0.5) is 5.69 Å². The molecule has 1 heterocycles. The topological polar surface area (TPSA) is 65.2 Å². The van der Waals surface area contributed by atoms with Gasteiger partial charge in [-0.1, -0.05) is 12.1 Å². The maximum Gasteiger partial charge on any atom is 0.305 e. The Kier molecular flexibility index (Phi) is 3.94. The summed E-state index contributed by atoms with van der Waals surface area (Å²) in [6, 6.07) is 7.61. The summed E-state index contributed by atoms with van der Waals surface area (Å²) >= 11 is 1.55. The van der Waals surface area contributed by atoms with Crippen LogP contribution in [0.15, 0.2) is 29.6 Å². The fourth-order valence-corrected chi connectivity index (χ4v) is 2.41. The first-order valence-corrected chi connectivity index (χ1v) is 6.44. The number of ether oxygens (including phenoxy) is 1. The zero-order valence-corrected chi connectivity index (χ0v) is 10.9. The van der Waals surface area contributed by atoms with Gasteiger partial charge < -0.3 is 10.5 Å². The maximum atomic E-state index is 11.0. The van der Waals surface area contributed by atoms with Crippen LogP contribution in [-0.4, -0.2) is 18.1 Å². The van der Waals surface area contributed by atoms with Crippen LogP contribution in [0.2, 0.25) is 0 Å². The molecule has 5 heteroatoms. The number of carbonyl (C=O) groups excluding carboxylic acids is 1. The number of thiazole rings is 1. The Balaban J connectivity index is 2.08. The van der Waals surface area contributed by atoms with Crippen LogP contribution < -0.4 is 5.73 Å². The summed E-state index contributed by atoms with van der Waals surface area (Å²) in [5, 5.41) is 2.88. The van der Waals surface area contributed by atoms with Crippen molar-refractivity contribution >= 4 is 23.0 Å². The predicted octanol–water partition coefficient (Wildman–Crippen LogP) is 2.50. The van der Waals surface area contributed by atoms with Crippen LogP contribution in [0.5, 0.6) is 0 Å². The minimum absolute atomic E-state index is 0.214. The Hall–Kier alpha value is -1.88. The van der Waals surface area contributed by atoms with Gasteiger partial charge in [-0.05, 0) is 12.1 Å². The summed E-state index contributed by atoms with van der Waals surface area (Å²) in [5.74, 6) is -0.214. The van der Waals surface area contributed by atoms with Gasteiger partial charge in [-0.25, -0.2) is 4.98 Å². The lowest BCUT2D eigenvalue weighted by molar-refractivity contribution is -0.140. The lowest BCUT2D eigenvalue weighted by Crippen LogP contribution is -2.01. The number of nitrogen functional groups attached to an aromatic ring is 1. The summed E-state index contributed by atoms with van der Waals surface area (Å²) in [7, 11) is 1.39. The highest BCUT2D eigenvalue weighted by molar-refractivity contribution is 7.13. The zero-order valence-electron chi connectivity index (χ0n) is 10.1. The molecule has 0 saturated carbocycles. The van der Waals surface area contributed by atoms with E-state index < -0.39 is 0 Å². The number of benzene rings is 1. The number of hydrogen-bond acceptors (Lipinski definition) is 5. The number of rotatable bonds is 4. The summed E-state index contributed by atoms with van der Waals surface area (Å²) in [6.45, 7) is 0. The summed E-state index contributed by atoms with van der Waals surface area (Å²) in [5.41, 5.74) is 8.37. The van der Waals surface area contributed by atoms with Gasteiger partial charge >= 0.3 is 5.97 Å². The highest BCUT2D eigenvalue weighted by Crippen LogP contribution is 2.25. The molecule has 1 aromatic heterocycles. The standard InChI is InChI=1S/C13H14N2O2S/c1-17-12(16)6-5-11-8-18-13(15-11)9-3-2-4-10(14)7-9/h2-4,7-8H,5-6,14H2,1H3. The predicted molar refractivity (Wildman–Crippen MR) is 72.3 cm³/mol. The summed E-state index contributed by atoms with van der Waals surface area (Å²) in [4.78, 5) is 15.5. The SMILES string of the molecule is COC(=O)CCc1csc(-c2cccc(N)c2)n1. The van der Waals surface area contributed by atoms with Crippen molar-refractivity contribution in [3.63, 3.8) is 0 Å². The molecular weight excluding hydrogens is 248 g/mol. The first-order chi connectivity index (χ1) is 8.69. The van der Waals surface area contributed by atoms with Crippen molar-refractivity contribution in [2.45, 2.75) is 12.8 Å². The van der Waals surface area contributed by atoms with Crippen molar-refractivity contribution in [1.82, 2.24) is 4.98 Å². The molecule has 4 nitrogen and oxygen atoms in total. The minimum atomic E-state index is -0.214. The molecule has 0 aliphatic rings. The number of aryl methyl sites for hydroxylation is 1. The number of methoxy groups -OCH3 is 1. The molecule has 94 valence electrons. The molecule has 0 spiro atoms. The third-order valence-electron chi connectivity index (χ3n) is 2.50.